The molecular formula is C20H22N4O2S. The Morgan fingerprint density at radius 3 is 2.44 bits per heavy atom. The summed E-state index contributed by atoms with van der Waals surface area (Å²) in [6.07, 6.45) is 3.58. The molecule has 6 nitrogen and oxygen atoms in total. The number of aromatic nitrogens is 2. The molecule has 4 rings (SSSR count). The van der Waals surface area contributed by atoms with E-state index in [1.807, 2.05) is 59.2 Å². The quantitative estimate of drug-likeness (QED) is 0.680. The molecule has 0 amide bonds. The average molecular weight is 382 g/mol. The van der Waals surface area contributed by atoms with E-state index < -0.39 is 10.0 Å². The molecule has 0 saturated carbocycles. The van der Waals surface area contributed by atoms with Crippen molar-refractivity contribution in [2.45, 2.75) is 6.54 Å². The van der Waals surface area contributed by atoms with Gasteiger partial charge in [-0.2, -0.15) is 9.40 Å². The summed E-state index contributed by atoms with van der Waals surface area (Å²) in [4.78, 5) is 2.24. The highest BCUT2D eigenvalue weighted by Gasteiger charge is 2.25. The Bertz CT molecular complexity index is 1000. The number of hydrogen-bond acceptors (Lipinski definition) is 4. The van der Waals surface area contributed by atoms with Gasteiger partial charge in [0.05, 0.1) is 11.2 Å². The molecule has 1 aliphatic rings. The molecule has 140 valence electrons. The third kappa shape index (κ3) is 4.27. The van der Waals surface area contributed by atoms with Crippen LogP contribution in [0.25, 0.3) is 11.6 Å². The molecular weight excluding hydrogens is 360 g/mol. The molecule has 1 saturated heterocycles. The summed E-state index contributed by atoms with van der Waals surface area (Å²) in [6.45, 7) is 3.12. The molecule has 0 spiro atoms. The standard InChI is InChI=1S/C20H22N4O2S/c25-27(26,15-9-18-6-2-1-3-7-18)23-13-11-22(12-14-23)17-19-16-20-8-4-5-10-24(20)21-19/h1-10,15-16H,11-14,17H2. The van der Waals surface area contributed by atoms with Gasteiger partial charge in [-0.25, -0.2) is 12.9 Å². The van der Waals surface area contributed by atoms with E-state index in [-0.39, 0.29) is 0 Å². The van der Waals surface area contributed by atoms with Crippen molar-refractivity contribution in [1.82, 2.24) is 18.8 Å². The number of benzene rings is 1. The number of sulfonamides is 1. The molecule has 7 heteroatoms. The van der Waals surface area contributed by atoms with Crippen molar-refractivity contribution in [2.24, 2.45) is 0 Å². The molecule has 1 aliphatic heterocycles. The van der Waals surface area contributed by atoms with Crippen LogP contribution in [0.5, 0.6) is 0 Å². The van der Waals surface area contributed by atoms with Crippen molar-refractivity contribution < 1.29 is 8.42 Å². The lowest BCUT2D eigenvalue weighted by molar-refractivity contribution is 0.181. The maximum atomic E-state index is 12.5. The van der Waals surface area contributed by atoms with Gasteiger partial charge in [0.2, 0.25) is 10.0 Å². The molecule has 27 heavy (non-hydrogen) atoms. The van der Waals surface area contributed by atoms with Gasteiger partial charge in [0.25, 0.3) is 0 Å². The third-order valence-corrected chi connectivity index (χ3v) is 6.29. The van der Waals surface area contributed by atoms with Crippen LogP contribution in [-0.4, -0.2) is 53.4 Å². The lowest BCUT2D eigenvalue weighted by atomic mass is 10.2. The second kappa shape index (κ2) is 7.64. The molecule has 1 fully saturated rings. The zero-order valence-corrected chi connectivity index (χ0v) is 15.8. The van der Waals surface area contributed by atoms with Gasteiger partial charge in [-0.05, 0) is 29.8 Å². The monoisotopic (exact) mass is 382 g/mol. The van der Waals surface area contributed by atoms with Crippen LogP contribution in [0, 0.1) is 0 Å². The number of fused-ring (bicyclic) bond motifs is 1. The van der Waals surface area contributed by atoms with Gasteiger partial charge in [0, 0.05) is 44.3 Å². The summed E-state index contributed by atoms with van der Waals surface area (Å²) in [5, 5.41) is 5.88. The summed E-state index contributed by atoms with van der Waals surface area (Å²) in [5.74, 6) is 0. The highest BCUT2D eigenvalue weighted by molar-refractivity contribution is 7.92. The van der Waals surface area contributed by atoms with Crippen LogP contribution >= 0.6 is 0 Å². The number of piperazine rings is 1. The fourth-order valence-electron chi connectivity index (χ4n) is 3.25. The maximum Gasteiger partial charge on any atom is 0.236 e. The molecule has 1 aromatic carbocycles. The lowest BCUT2D eigenvalue weighted by Gasteiger charge is -2.32. The number of hydrogen-bond donors (Lipinski definition) is 0. The first-order valence-electron chi connectivity index (χ1n) is 8.99. The van der Waals surface area contributed by atoms with Crippen LogP contribution in [0.4, 0.5) is 0 Å². The van der Waals surface area contributed by atoms with Gasteiger partial charge >= 0.3 is 0 Å². The largest absolute Gasteiger partial charge is 0.295 e. The van der Waals surface area contributed by atoms with Crippen molar-refractivity contribution in [3.63, 3.8) is 0 Å². The first-order chi connectivity index (χ1) is 13.1. The Kier molecular flexibility index (Phi) is 5.07. The summed E-state index contributed by atoms with van der Waals surface area (Å²) < 4.78 is 28.5. The Labute approximate surface area is 159 Å². The van der Waals surface area contributed by atoms with Gasteiger partial charge in [-0.1, -0.05) is 36.4 Å². The highest BCUT2D eigenvalue weighted by atomic mass is 32.2. The minimum Gasteiger partial charge on any atom is -0.295 e. The Balaban J connectivity index is 1.36. The normalized spacial score (nSPS) is 17.0. The van der Waals surface area contributed by atoms with Gasteiger partial charge in [0.1, 0.15) is 0 Å². The van der Waals surface area contributed by atoms with Gasteiger partial charge in [0.15, 0.2) is 0 Å². The fraction of sp³-hybridized carbons (Fsp3) is 0.250. The van der Waals surface area contributed by atoms with Crippen molar-refractivity contribution in [2.75, 3.05) is 26.2 Å². The average Bonchev–Trinajstić information content (AvgIpc) is 3.10. The van der Waals surface area contributed by atoms with Crippen LogP contribution in [0.1, 0.15) is 11.3 Å². The fourth-order valence-corrected chi connectivity index (χ4v) is 4.43. The Hall–Kier alpha value is -2.48. The van der Waals surface area contributed by atoms with Crippen LogP contribution in [0.2, 0.25) is 0 Å². The van der Waals surface area contributed by atoms with E-state index in [2.05, 4.69) is 16.1 Å². The van der Waals surface area contributed by atoms with Crippen LogP contribution in [0.15, 0.2) is 66.2 Å². The van der Waals surface area contributed by atoms with Crippen molar-refractivity contribution in [1.29, 1.82) is 0 Å². The molecule has 0 atom stereocenters. The van der Waals surface area contributed by atoms with Crippen molar-refractivity contribution >= 4 is 21.6 Å². The van der Waals surface area contributed by atoms with E-state index in [0.29, 0.717) is 26.2 Å². The number of rotatable bonds is 5. The molecule has 3 heterocycles. The van der Waals surface area contributed by atoms with Crippen molar-refractivity contribution in [3.05, 3.63) is 77.5 Å². The minimum absolute atomic E-state index is 0.495. The minimum atomic E-state index is -3.39. The highest BCUT2D eigenvalue weighted by Crippen LogP contribution is 2.14. The van der Waals surface area contributed by atoms with Crippen LogP contribution in [0.3, 0.4) is 0 Å². The SMILES string of the molecule is O=S(=O)(C=Cc1ccccc1)N1CCN(Cc2cc3ccccn3n2)CC1. The van der Waals surface area contributed by atoms with Gasteiger partial charge < -0.3 is 0 Å². The molecule has 0 radical (unpaired) electrons. The van der Waals surface area contributed by atoms with Crippen LogP contribution in [-0.2, 0) is 16.6 Å². The predicted molar refractivity (Wildman–Crippen MR) is 106 cm³/mol. The molecule has 0 aliphatic carbocycles. The number of pyridine rings is 1. The maximum absolute atomic E-state index is 12.5. The van der Waals surface area contributed by atoms with E-state index in [4.69, 9.17) is 0 Å². The molecule has 0 bridgehead atoms. The predicted octanol–water partition coefficient (Wildman–Crippen LogP) is 2.45. The summed E-state index contributed by atoms with van der Waals surface area (Å²) in [6, 6.07) is 17.5. The van der Waals surface area contributed by atoms with Crippen molar-refractivity contribution in [3.8, 4) is 0 Å². The molecule has 0 N–H and O–H groups in total. The second-order valence-electron chi connectivity index (χ2n) is 6.64. The van der Waals surface area contributed by atoms with Gasteiger partial charge in [-0.15, -0.1) is 0 Å². The Morgan fingerprint density at radius 1 is 0.963 bits per heavy atom. The molecule has 3 aromatic rings. The van der Waals surface area contributed by atoms with E-state index in [9.17, 15) is 8.42 Å². The van der Waals surface area contributed by atoms with E-state index in [1.54, 1.807) is 10.4 Å². The zero-order chi connectivity index (χ0) is 18.7. The summed E-state index contributed by atoms with van der Waals surface area (Å²) in [7, 11) is -3.39. The smallest absolute Gasteiger partial charge is 0.236 e. The third-order valence-electron chi connectivity index (χ3n) is 4.73. The topological polar surface area (TPSA) is 57.9 Å². The van der Waals surface area contributed by atoms with E-state index >= 15 is 0 Å². The summed E-state index contributed by atoms with van der Waals surface area (Å²) in [5.41, 5.74) is 2.95. The zero-order valence-electron chi connectivity index (χ0n) is 15.0. The summed E-state index contributed by atoms with van der Waals surface area (Å²) >= 11 is 0. The Morgan fingerprint density at radius 2 is 1.70 bits per heavy atom. The lowest BCUT2D eigenvalue weighted by Crippen LogP contribution is -2.47. The first-order valence-corrected chi connectivity index (χ1v) is 10.5. The van der Waals surface area contributed by atoms with Crippen LogP contribution < -0.4 is 0 Å². The van der Waals surface area contributed by atoms with Gasteiger partial charge in [-0.3, -0.25) is 4.90 Å². The van der Waals surface area contributed by atoms with E-state index in [0.717, 1.165) is 23.3 Å². The van der Waals surface area contributed by atoms with E-state index in [1.165, 1.54) is 5.41 Å². The molecule has 0 unspecified atom stereocenters. The second-order valence-corrected chi connectivity index (χ2v) is 8.46. The first kappa shape index (κ1) is 17.9. The molecule has 2 aromatic heterocycles. The number of nitrogens with zero attached hydrogens (tertiary/aromatic N) is 4.